The minimum absolute atomic E-state index is 0.426. The molecule has 0 aliphatic heterocycles. The van der Waals surface area contributed by atoms with Crippen molar-refractivity contribution in [2.45, 2.75) is 6.92 Å². The lowest BCUT2D eigenvalue weighted by Gasteiger charge is -1.97. The molecule has 0 saturated heterocycles. The van der Waals surface area contributed by atoms with Crippen LogP contribution in [0.15, 0.2) is 28.2 Å². The van der Waals surface area contributed by atoms with Gasteiger partial charge in [0.05, 0.1) is 11.4 Å². The summed E-state index contributed by atoms with van der Waals surface area (Å²) in [6.45, 7) is 1.80. The summed E-state index contributed by atoms with van der Waals surface area (Å²) in [5.74, 6) is 0. The highest BCUT2D eigenvalue weighted by atomic mass is 16.2. The van der Waals surface area contributed by atoms with Gasteiger partial charge in [-0.15, -0.1) is 0 Å². The molecule has 0 spiro atoms. The lowest BCUT2D eigenvalue weighted by Crippen LogP contribution is -2.18. The van der Waals surface area contributed by atoms with Gasteiger partial charge >= 0.3 is 6.03 Å². The second kappa shape index (κ2) is 7.53. The molecule has 1 rings (SSSR count). The van der Waals surface area contributed by atoms with Crippen LogP contribution in [0.5, 0.6) is 0 Å². The second-order valence-corrected chi connectivity index (χ2v) is 2.78. The molecule has 0 saturated carbocycles. The van der Waals surface area contributed by atoms with Gasteiger partial charge in [0.15, 0.2) is 0 Å². The van der Waals surface area contributed by atoms with Crippen molar-refractivity contribution >= 4 is 29.6 Å². The monoisotopic (exact) mass is 234 g/mol. The number of primary amides is 2. The first-order valence-corrected chi connectivity index (χ1v) is 4.32. The number of hydrogen-bond donors (Lipinski definition) is 2. The first kappa shape index (κ1) is 14.2. The van der Waals surface area contributed by atoms with Gasteiger partial charge < -0.3 is 11.5 Å². The fraction of sp³-hybridized carbons (Fsp3) is 0.100. The molecule has 7 heteroatoms. The molecule has 1 aromatic rings. The number of amides is 2. The average Bonchev–Trinajstić information content (AvgIpc) is 2.23. The van der Waals surface area contributed by atoms with Crippen LogP contribution in [-0.2, 0) is 9.59 Å². The summed E-state index contributed by atoms with van der Waals surface area (Å²) >= 11 is 0. The van der Waals surface area contributed by atoms with Crippen LogP contribution in [-0.4, -0.2) is 18.2 Å². The fourth-order valence-corrected chi connectivity index (χ4v) is 0.890. The Morgan fingerprint density at radius 3 is 2.18 bits per heavy atom. The average molecular weight is 234 g/mol. The van der Waals surface area contributed by atoms with E-state index < -0.39 is 6.03 Å². The Kier molecular flexibility index (Phi) is 6.31. The van der Waals surface area contributed by atoms with Crippen LogP contribution in [0, 0.1) is 6.92 Å². The standard InChI is InChI=1S/C9H6N2O2.CH4N2O/c1-7-2-3-8(10-5-12)4-9(7)11-6-13;2-1(3)4/h2-4H,1H3;(H4,2,3,4). The molecule has 0 fully saturated rings. The quantitative estimate of drug-likeness (QED) is 0.583. The predicted molar refractivity (Wildman–Crippen MR) is 60.5 cm³/mol. The van der Waals surface area contributed by atoms with Gasteiger partial charge in [-0.1, -0.05) is 6.07 Å². The number of carbonyl (C=O) groups excluding carboxylic acids is 3. The number of aliphatic imine (C=N–C) groups is 2. The molecule has 0 aliphatic carbocycles. The number of isocyanates is 2. The molecule has 0 bridgehead atoms. The number of carbonyl (C=O) groups is 1. The van der Waals surface area contributed by atoms with Gasteiger partial charge in [0.25, 0.3) is 0 Å². The number of aryl methyl sites for hydroxylation is 1. The van der Waals surface area contributed by atoms with Crippen molar-refractivity contribution < 1.29 is 14.4 Å². The number of nitrogens with two attached hydrogens (primary N) is 2. The van der Waals surface area contributed by atoms with E-state index in [9.17, 15) is 9.59 Å². The van der Waals surface area contributed by atoms with Crippen LogP contribution in [0.2, 0.25) is 0 Å². The number of nitrogens with zero attached hydrogens (tertiary/aromatic N) is 2. The van der Waals surface area contributed by atoms with Gasteiger partial charge in [-0.25, -0.2) is 14.4 Å². The summed E-state index contributed by atoms with van der Waals surface area (Å²) < 4.78 is 0. The van der Waals surface area contributed by atoms with Crippen molar-refractivity contribution in [2.24, 2.45) is 21.5 Å². The molecule has 0 unspecified atom stereocenters. The van der Waals surface area contributed by atoms with Crippen molar-refractivity contribution in [3.63, 3.8) is 0 Å². The van der Waals surface area contributed by atoms with Crippen molar-refractivity contribution in [1.82, 2.24) is 0 Å². The maximum absolute atomic E-state index is 10.00. The van der Waals surface area contributed by atoms with E-state index in [2.05, 4.69) is 21.5 Å². The van der Waals surface area contributed by atoms with Crippen LogP contribution >= 0.6 is 0 Å². The van der Waals surface area contributed by atoms with E-state index in [1.54, 1.807) is 19.1 Å². The van der Waals surface area contributed by atoms with Gasteiger partial charge in [0, 0.05) is 0 Å². The van der Waals surface area contributed by atoms with Crippen LogP contribution in [0.1, 0.15) is 5.56 Å². The third-order valence-corrected chi connectivity index (χ3v) is 1.53. The van der Waals surface area contributed by atoms with Gasteiger partial charge in [0.2, 0.25) is 12.2 Å². The molecule has 0 atom stereocenters. The number of rotatable bonds is 2. The molecule has 0 radical (unpaired) electrons. The minimum atomic E-state index is -0.833. The lowest BCUT2D eigenvalue weighted by molar-refractivity contribution is 0.256. The Labute approximate surface area is 96.9 Å². The van der Waals surface area contributed by atoms with E-state index >= 15 is 0 Å². The molecular weight excluding hydrogens is 224 g/mol. The lowest BCUT2D eigenvalue weighted by atomic mass is 10.2. The third kappa shape index (κ3) is 6.35. The maximum Gasteiger partial charge on any atom is 0.309 e. The topological polar surface area (TPSA) is 128 Å². The number of benzene rings is 1. The smallest absolute Gasteiger partial charge is 0.309 e. The number of urea groups is 1. The normalized spacial score (nSPS) is 7.82. The summed E-state index contributed by atoms with van der Waals surface area (Å²) in [6, 6.07) is 4.04. The molecule has 88 valence electrons. The molecule has 2 amide bonds. The molecule has 4 N–H and O–H groups in total. The first-order valence-electron chi connectivity index (χ1n) is 4.32. The summed E-state index contributed by atoms with van der Waals surface area (Å²) in [4.78, 5) is 35.8. The molecule has 0 heterocycles. The molecule has 17 heavy (non-hydrogen) atoms. The minimum Gasteiger partial charge on any atom is -0.352 e. The van der Waals surface area contributed by atoms with Crippen molar-refractivity contribution in [3.8, 4) is 0 Å². The van der Waals surface area contributed by atoms with Gasteiger partial charge in [-0.3, -0.25) is 0 Å². The van der Waals surface area contributed by atoms with Gasteiger partial charge in [-0.2, -0.15) is 9.98 Å². The summed E-state index contributed by atoms with van der Waals surface area (Å²) in [7, 11) is 0. The SMILES string of the molecule is Cc1ccc(N=C=O)cc1N=C=O.NC(N)=O. The number of hydrogen-bond acceptors (Lipinski definition) is 5. The largest absolute Gasteiger partial charge is 0.352 e. The van der Waals surface area contributed by atoms with E-state index in [1.165, 1.54) is 18.2 Å². The third-order valence-electron chi connectivity index (χ3n) is 1.53. The van der Waals surface area contributed by atoms with Gasteiger partial charge in [0.1, 0.15) is 0 Å². The molecule has 1 aromatic carbocycles. The Bertz CT molecular complexity index is 496. The summed E-state index contributed by atoms with van der Waals surface area (Å²) in [5.41, 5.74) is 10.2. The highest BCUT2D eigenvalue weighted by molar-refractivity contribution is 5.69. The molecule has 0 aromatic heterocycles. The highest BCUT2D eigenvalue weighted by Crippen LogP contribution is 2.23. The molecule has 0 aliphatic rings. The molecular formula is C10H10N4O3. The second-order valence-electron chi connectivity index (χ2n) is 2.78. The van der Waals surface area contributed by atoms with Crippen LogP contribution in [0.4, 0.5) is 16.2 Å². The Balaban J connectivity index is 0.000000557. The maximum atomic E-state index is 10.00. The predicted octanol–water partition coefficient (Wildman–Crippen LogP) is 0.953. The van der Waals surface area contributed by atoms with E-state index in [0.717, 1.165) is 5.56 Å². The Morgan fingerprint density at radius 2 is 1.71 bits per heavy atom. The fourth-order valence-electron chi connectivity index (χ4n) is 0.890. The van der Waals surface area contributed by atoms with Crippen LogP contribution in [0.3, 0.4) is 0 Å². The summed E-state index contributed by atoms with van der Waals surface area (Å²) in [6.07, 6.45) is 2.84. The van der Waals surface area contributed by atoms with Gasteiger partial charge in [-0.05, 0) is 24.6 Å². The van der Waals surface area contributed by atoms with Crippen LogP contribution in [0.25, 0.3) is 0 Å². The summed E-state index contributed by atoms with van der Waals surface area (Å²) in [5, 5.41) is 0. The van der Waals surface area contributed by atoms with Crippen molar-refractivity contribution in [3.05, 3.63) is 23.8 Å². The zero-order valence-corrected chi connectivity index (χ0v) is 9.01. The van der Waals surface area contributed by atoms with E-state index in [-0.39, 0.29) is 0 Å². The molecule has 7 nitrogen and oxygen atoms in total. The highest BCUT2D eigenvalue weighted by Gasteiger charge is 1.97. The van der Waals surface area contributed by atoms with E-state index in [4.69, 9.17) is 4.79 Å². The van der Waals surface area contributed by atoms with E-state index in [0.29, 0.717) is 11.4 Å². The van der Waals surface area contributed by atoms with Crippen molar-refractivity contribution in [2.75, 3.05) is 0 Å². The zero-order chi connectivity index (χ0) is 13.3. The van der Waals surface area contributed by atoms with Crippen molar-refractivity contribution in [1.29, 1.82) is 0 Å². The van der Waals surface area contributed by atoms with Crippen LogP contribution < -0.4 is 11.5 Å². The Morgan fingerprint density at radius 1 is 1.18 bits per heavy atom. The first-order chi connectivity index (χ1) is 8.01. The van der Waals surface area contributed by atoms with E-state index in [1.807, 2.05) is 0 Å². The zero-order valence-electron chi connectivity index (χ0n) is 9.01. The Hall–Kier alpha value is -2.75.